The van der Waals surface area contributed by atoms with Gasteiger partial charge in [0.15, 0.2) is 18.2 Å². The van der Waals surface area contributed by atoms with Crippen molar-refractivity contribution in [1.82, 2.24) is 4.98 Å². The lowest BCUT2D eigenvalue weighted by molar-refractivity contribution is -0.121. The second-order valence-corrected chi connectivity index (χ2v) is 5.17. The molecular formula is C14H10BrFN2O2. The molecule has 6 heteroatoms. The van der Waals surface area contributed by atoms with Gasteiger partial charge in [-0.1, -0.05) is 12.1 Å². The van der Waals surface area contributed by atoms with Crippen molar-refractivity contribution in [2.75, 3.05) is 11.5 Å². The Labute approximate surface area is 123 Å². The summed E-state index contributed by atoms with van der Waals surface area (Å²) < 4.78 is 19.2. The van der Waals surface area contributed by atoms with Crippen LogP contribution in [0.4, 0.5) is 10.2 Å². The van der Waals surface area contributed by atoms with Gasteiger partial charge in [0.25, 0.3) is 5.91 Å². The van der Waals surface area contributed by atoms with Crippen LogP contribution in [-0.2, 0) is 11.3 Å². The molecule has 1 aliphatic heterocycles. The van der Waals surface area contributed by atoms with Crippen molar-refractivity contribution in [2.45, 2.75) is 6.54 Å². The minimum atomic E-state index is -0.328. The van der Waals surface area contributed by atoms with Gasteiger partial charge in [0.05, 0.1) is 6.54 Å². The molecule has 0 radical (unpaired) electrons. The van der Waals surface area contributed by atoms with E-state index >= 15 is 0 Å². The predicted octanol–water partition coefficient (Wildman–Crippen LogP) is 2.91. The smallest absolute Gasteiger partial charge is 0.266 e. The lowest BCUT2D eigenvalue weighted by atomic mass is 10.2. The Hall–Kier alpha value is -1.95. The number of carbonyl (C=O) groups excluding carboxylic acids is 1. The average molecular weight is 337 g/mol. The first-order chi connectivity index (χ1) is 9.63. The lowest BCUT2D eigenvalue weighted by Gasteiger charge is -2.28. The number of aromatic nitrogens is 1. The van der Waals surface area contributed by atoms with E-state index < -0.39 is 0 Å². The molecule has 1 aromatic carbocycles. The molecule has 0 saturated heterocycles. The number of carbonyl (C=O) groups is 1. The van der Waals surface area contributed by atoms with Crippen molar-refractivity contribution < 1.29 is 13.9 Å². The van der Waals surface area contributed by atoms with E-state index in [4.69, 9.17) is 4.74 Å². The zero-order chi connectivity index (χ0) is 14.1. The Kier molecular flexibility index (Phi) is 3.40. The molecule has 0 N–H and O–H groups in total. The summed E-state index contributed by atoms with van der Waals surface area (Å²) in [4.78, 5) is 17.8. The van der Waals surface area contributed by atoms with Gasteiger partial charge in [-0.3, -0.25) is 9.69 Å². The minimum absolute atomic E-state index is 0.0361. The van der Waals surface area contributed by atoms with Crippen LogP contribution in [0.2, 0.25) is 0 Å². The number of halogens is 2. The summed E-state index contributed by atoms with van der Waals surface area (Å²) in [7, 11) is 0. The molecule has 0 fully saturated rings. The van der Waals surface area contributed by atoms with Crippen LogP contribution in [0.15, 0.2) is 41.0 Å². The van der Waals surface area contributed by atoms with Crippen LogP contribution in [0.5, 0.6) is 5.75 Å². The van der Waals surface area contributed by atoms with Gasteiger partial charge in [-0.05, 0) is 45.8 Å². The first kappa shape index (κ1) is 13.1. The van der Waals surface area contributed by atoms with Gasteiger partial charge >= 0.3 is 0 Å². The lowest BCUT2D eigenvalue weighted by Crippen LogP contribution is -2.39. The average Bonchev–Trinajstić information content (AvgIpc) is 2.42. The third-order valence-electron chi connectivity index (χ3n) is 2.94. The van der Waals surface area contributed by atoms with Crippen molar-refractivity contribution in [3.63, 3.8) is 0 Å². The number of amides is 1. The third-order valence-corrected chi connectivity index (χ3v) is 3.38. The molecule has 0 bridgehead atoms. The van der Waals surface area contributed by atoms with Crippen LogP contribution in [0, 0.1) is 5.82 Å². The maximum atomic E-state index is 13.2. The van der Waals surface area contributed by atoms with Crippen molar-refractivity contribution in [3.8, 4) is 5.75 Å². The first-order valence-electron chi connectivity index (χ1n) is 5.97. The monoisotopic (exact) mass is 336 g/mol. The molecule has 102 valence electrons. The second kappa shape index (κ2) is 5.20. The van der Waals surface area contributed by atoms with Gasteiger partial charge in [-0.25, -0.2) is 9.37 Å². The van der Waals surface area contributed by atoms with Crippen molar-refractivity contribution >= 4 is 27.7 Å². The molecule has 2 heterocycles. The fourth-order valence-corrected chi connectivity index (χ4v) is 2.34. The highest BCUT2D eigenvalue weighted by molar-refractivity contribution is 9.10. The largest absolute Gasteiger partial charge is 0.480 e. The Morgan fingerprint density at radius 3 is 3.00 bits per heavy atom. The number of rotatable bonds is 2. The molecular weight excluding hydrogens is 327 g/mol. The summed E-state index contributed by atoms with van der Waals surface area (Å²) in [5.74, 6) is 0.460. The second-order valence-electron chi connectivity index (χ2n) is 4.35. The Balaban J connectivity index is 1.97. The number of anilines is 1. The summed E-state index contributed by atoms with van der Waals surface area (Å²) in [6.45, 7) is 0.224. The molecule has 1 aromatic heterocycles. The summed E-state index contributed by atoms with van der Waals surface area (Å²) in [6.07, 6.45) is 0. The van der Waals surface area contributed by atoms with E-state index in [-0.39, 0.29) is 24.9 Å². The highest BCUT2D eigenvalue weighted by Gasteiger charge is 2.27. The van der Waals surface area contributed by atoms with Crippen LogP contribution in [0.25, 0.3) is 0 Å². The summed E-state index contributed by atoms with van der Waals surface area (Å²) >= 11 is 3.27. The zero-order valence-electron chi connectivity index (χ0n) is 10.3. The fraction of sp³-hybridized carbons (Fsp3) is 0.143. The van der Waals surface area contributed by atoms with Gasteiger partial charge in [-0.15, -0.1) is 0 Å². The molecule has 0 aliphatic carbocycles. The van der Waals surface area contributed by atoms with E-state index in [2.05, 4.69) is 20.9 Å². The van der Waals surface area contributed by atoms with Crippen LogP contribution in [0.1, 0.15) is 5.56 Å². The van der Waals surface area contributed by atoms with Gasteiger partial charge in [0.1, 0.15) is 10.4 Å². The number of pyridine rings is 1. The molecule has 20 heavy (non-hydrogen) atoms. The minimum Gasteiger partial charge on any atom is -0.480 e. The van der Waals surface area contributed by atoms with Crippen molar-refractivity contribution in [3.05, 3.63) is 52.4 Å². The normalized spacial score (nSPS) is 13.9. The van der Waals surface area contributed by atoms with Gasteiger partial charge < -0.3 is 4.74 Å². The van der Waals surface area contributed by atoms with Crippen LogP contribution < -0.4 is 9.64 Å². The van der Waals surface area contributed by atoms with E-state index in [0.29, 0.717) is 21.7 Å². The fourth-order valence-electron chi connectivity index (χ4n) is 2.04. The summed E-state index contributed by atoms with van der Waals surface area (Å²) in [5.41, 5.74) is 0.702. The van der Waals surface area contributed by atoms with E-state index in [0.717, 1.165) is 0 Å². The Morgan fingerprint density at radius 1 is 1.35 bits per heavy atom. The molecule has 3 rings (SSSR count). The number of hydrogen-bond acceptors (Lipinski definition) is 3. The Morgan fingerprint density at radius 2 is 2.20 bits per heavy atom. The molecule has 4 nitrogen and oxygen atoms in total. The molecule has 2 aromatic rings. The molecule has 0 atom stereocenters. The van der Waals surface area contributed by atoms with Gasteiger partial charge in [0.2, 0.25) is 0 Å². The molecule has 0 unspecified atom stereocenters. The van der Waals surface area contributed by atoms with E-state index in [1.165, 1.54) is 17.0 Å². The number of nitrogens with zero attached hydrogens (tertiary/aromatic N) is 2. The molecule has 0 spiro atoms. The predicted molar refractivity (Wildman–Crippen MR) is 75.0 cm³/mol. The number of ether oxygens (including phenoxy) is 1. The molecule has 0 saturated carbocycles. The van der Waals surface area contributed by atoms with E-state index in [9.17, 15) is 9.18 Å². The highest BCUT2D eigenvalue weighted by atomic mass is 79.9. The number of benzene rings is 1. The van der Waals surface area contributed by atoms with E-state index in [1.54, 1.807) is 24.3 Å². The highest BCUT2D eigenvalue weighted by Crippen LogP contribution is 2.32. The maximum absolute atomic E-state index is 13.2. The maximum Gasteiger partial charge on any atom is 0.266 e. The zero-order valence-corrected chi connectivity index (χ0v) is 11.9. The van der Waals surface area contributed by atoms with Crippen LogP contribution >= 0.6 is 15.9 Å². The van der Waals surface area contributed by atoms with Crippen molar-refractivity contribution in [1.29, 1.82) is 0 Å². The number of fused-ring (bicyclic) bond motifs is 1. The molecule has 1 amide bonds. The quantitative estimate of drug-likeness (QED) is 0.792. The van der Waals surface area contributed by atoms with E-state index in [1.807, 2.05) is 0 Å². The summed E-state index contributed by atoms with van der Waals surface area (Å²) in [5, 5.41) is 0. The van der Waals surface area contributed by atoms with Crippen LogP contribution in [-0.4, -0.2) is 17.5 Å². The third kappa shape index (κ3) is 2.51. The summed E-state index contributed by atoms with van der Waals surface area (Å²) in [6, 6.07) is 9.65. The number of hydrogen-bond donors (Lipinski definition) is 0. The first-order valence-corrected chi connectivity index (χ1v) is 6.77. The standard InChI is InChI=1S/C14H10BrFN2O2/c15-12-5-4-11-14(17-12)18(13(19)8-20-11)7-9-2-1-3-10(16)6-9/h1-6H,7-8H2. The Bertz CT molecular complexity index is 678. The topological polar surface area (TPSA) is 42.4 Å². The van der Waals surface area contributed by atoms with Crippen LogP contribution in [0.3, 0.4) is 0 Å². The van der Waals surface area contributed by atoms with Crippen molar-refractivity contribution in [2.24, 2.45) is 0 Å². The molecule has 1 aliphatic rings. The van der Waals surface area contributed by atoms with Gasteiger partial charge in [0, 0.05) is 0 Å². The SMILES string of the molecule is O=C1COc2ccc(Br)nc2N1Cc1cccc(F)c1. The van der Waals surface area contributed by atoms with Gasteiger partial charge in [-0.2, -0.15) is 0 Å².